The lowest BCUT2D eigenvalue weighted by Gasteiger charge is -2.26. The summed E-state index contributed by atoms with van der Waals surface area (Å²) in [6, 6.07) is 4.96. The maximum absolute atomic E-state index is 12.6. The van der Waals surface area contributed by atoms with Crippen LogP contribution in [0.5, 0.6) is 0 Å². The molecule has 0 saturated carbocycles. The molecule has 1 aliphatic rings. The molecule has 0 bridgehead atoms. The van der Waals surface area contributed by atoms with Gasteiger partial charge < -0.3 is 10.4 Å². The molecule has 2 atom stereocenters. The second-order valence-corrected chi connectivity index (χ2v) is 7.05. The molecule has 1 saturated heterocycles. The van der Waals surface area contributed by atoms with E-state index in [4.69, 9.17) is 0 Å². The number of aliphatic hydroxyl groups is 1. The van der Waals surface area contributed by atoms with Crippen molar-refractivity contribution in [2.45, 2.75) is 30.9 Å². The zero-order chi connectivity index (χ0) is 14.2. The normalized spacial score (nSPS) is 24.1. The molecule has 1 aliphatic heterocycles. The van der Waals surface area contributed by atoms with Crippen molar-refractivity contribution in [1.29, 1.82) is 0 Å². The molecule has 5 nitrogen and oxygen atoms in total. The number of benzene rings is 1. The summed E-state index contributed by atoms with van der Waals surface area (Å²) in [6.07, 6.45) is -0.662. The van der Waals surface area contributed by atoms with Crippen molar-refractivity contribution in [2.24, 2.45) is 0 Å². The molecule has 1 aromatic rings. The number of hydrogen-bond acceptors (Lipinski definition) is 4. The number of aliphatic hydroxyl groups excluding tert-OH is 1. The predicted octanol–water partition coefficient (Wildman–Crippen LogP) is 0.257. The van der Waals surface area contributed by atoms with E-state index in [-0.39, 0.29) is 0 Å². The second kappa shape index (κ2) is 5.20. The van der Waals surface area contributed by atoms with Crippen LogP contribution < -0.4 is 5.32 Å². The van der Waals surface area contributed by atoms with Crippen molar-refractivity contribution in [3.05, 3.63) is 29.3 Å². The highest BCUT2D eigenvalue weighted by molar-refractivity contribution is 7.89. The minimum absolute atomic E-state index is 0.314. The van der Waals surface area contributed by atoms with Gasteiger partial charge in [-0.15, -0.1) is 0 Å². The number of nitrogens with one attached hydrogen (secondary N) is 1. The van der Waals surface area contributed by atoms with Crippen molar-refractivity contribution in [3.63, 3.8) is 0 Å². The Balaban J connectivity index is 2.39. The van der Waals surface area contributed by atoms with E-state index < -0.39 is 22.2 Å². The van der Waals surface area contributed by atoms with Gasteiger partial charge in [0.15, 0.2) is 0 Å². The van der Waals surface area contributed by atoms with Crippen LogP contribution in [0.4, 0.5) is 0 Å². The topological polar surface area (TPSA) is 69.6 Å². The summed E-state index contributed by atoms with van der Waals surface area (Å²) in [6.45, 7) is 4.55. The largest absolute Gasteiger partial charge is 0.390 e. The first kappa shape index (κ1) is 14.5. The Kier molecular flexibility index (Phi) is 3.96. The number of sulfonamides is 1. The fourth-order valence-corrected chi connectivity index (χ4v) is 4.03. The summed E-state index contributed by atoms with van der Waals surface area (Å²) in [5, 5.41) is 12.8. The van der Waals surface area contributed by atoms with Crippen LogP contribution in [0.15, 0.2) is 23.1 Å². The molecule has 0 aliphatic carbocycles. The maximum Gasteiger partial charge on any atom is 0.243 e. The second-order valence-electron chi connectivity index (χ2n) is 5.08. The van der Waals surface area contributed by atoms with E-state index in [0.717, 1.165) is 11.1 Å². The Morgan fingerprint density at radius 2 is 2.00 bits per heavy atom. The molecule has 19 heavy (non-hydrogen) atoms. The number of rotatable bonds is 3. The smallest absolute Gasteiger partial charge is 0.243 e. The van der Waals surface area contributed by atoms with E-state index in [0.29, 0.717) is 18.0 Å². The first-order chi connectivity index (χ1) is 8.84. The Labute approximate surface area is 114 Å². The Morgan fingerprint density at radius 3 is 2.58 bits per heavy atom. The summed E-state index contributed by atoms with van der Waals surface area (Å²) in [4.78, 5) is 0.314. The maximum atomic E-state index is 12.6. The number of nitrogens with zero attached hydrogens (tertiary/aromatic N) is 1. The summed E-state index contributed by atoms with van der Waals surface area (Å²) in [5.41, 5.74) is 1.63. The van der Waals surface area contributed by atoms with Crippen LogP contribution in [0.25, 0.3) is 0 Å². The minimum Gasteiger partial charge on any atom is -0.390 e. The van der Waals surface area contributed by atoms with E-state index in [1.807, 2.05) is 13.0 Å². The number of aryl methyl sites for hydroxylation is 2. The molecule has 6 heteroatoms. The predicted molar refractivity (Wildman–Crippen MR) is 73.5 cm³/mol. The Hall–Kier alpha value is -0.950. The molecule has 1 aromatic carbocycles. The van der Waals surface area contributed by atoms with Gasteiger partial charge >= 0.3 is 0 Å². The van der Waals surface area contributed by atoms with Gasteiger partial charge in [0, 0.05) is 20.1 Å². The van der Waals surface area contributed by atoms with E-state index in [9.17, 15) is 13.5 Å². The highest BCUT2D eigenvalue weighted by atomic mass is 32.2. The number of likely N-dealkylation sites (N-methyl/N-ethyl adjacent to an activating group) is 1. The van der Waals surface area contributed by atoms with Crippen LogP contribution in [0.1, 0.15) is 11.1 Å². The zero-order valence-corrected chi connectivity index (χ0v) is 12.2. The third-order valence-electron chi connectivity index (χ3n) is 3.62. The van der Waals surface area contributed by atoms with Gasteiger partial charge in [0.05, 0.1) is 17.0 Å². The van der Waals surface area contributed by atoms with Gasteiger partial charge in [-0.2, -0.15) is 4.31 Å². The van der Waals surface area contributed by atoms with E-state index in [1.165, 1.54) is 11.4 Å². The minimum atomic E-state index is -3.58. The van der Waals surface area contributed by atoms with Crippen molar-refractivity contribution in [3.8, 4) is 0 Å². The van der Waals surface area contributed by atoms with Crippen LogP contribution in [0, 0.1) is 13.8 Å². The molecule has 0 unspecified atom stereocenters. The lowest BCUT2D eigenvalue weighted by atomic mass is 10.2. The Bertz CT molecular complexity index is 571. The monoisotopic (exact) mass is 284 g/mol. The van der Waals surface area contributed by atoms with Crippen molar-refractivity contribution >= 4 is 10.0 Å². The summed E-state index contributed by atoms with van der Waals surface area (Å²) >= 11 is 0. The van der Waals surface area contributed by atoms with Crippen molar-refractivity contribution in [2.75, 3.05) is 20.1 Å². The molecule has 0 radical (unpaired) electrons. The lowest BCUT2D eigenvalue weighted by Crippen LogP contribution is -2.44. The standard InChI is InChI=1S/C13H20N2O3S/c1-9-4-5-10(2)13(6-9)19(17,18)15(3)11-7-14-8-12(11)16/h4-6,11-12,14,16H,7-8H2,1-3H3/t11-,12-/m1/s1. The lowest BCUT2D eigenvalue weighted by molar-refractivity contribution is 0.136. The fraction of sp³-hybridized carbons (Fsp3) is 0.538. The van der Waals surface area contributed by atoms with Gasteiger partial charge in [-0.3, -0.25) is 0 Å². The molecule has 1 heterocycles. The first-order valence-corrected chi connectivity index (χ1v) is 7.72. The molecule has 2 rings (SSSR count). The van der Waals surface area contributed by atoms with Crippen molar-refractivity contribution < 1.29 is 13.5 Å². The quantitative estimate of drug-likeness (QED) is 0.835. The summed E-state index contributed by atoms with van der Waals surface area (Å²) in [5.74, 6) is 0. The van der Waals surface area contributed by atoms with Gasteiger partial charge in [0.25, 0.3) is 0 Å². The van der Waals surface area contributed by atoms with Crippen LogP contribution in [0.3, 0.4) is 0 Å². The fourth-order valence-electron chi connectivity index (χ4n) is 2.34. The molecule has 0 amide bonds. The molecular weight excluding hydrogens is 264 g/mol. The number of hydrogen-bond donors (Lipinski definition) is 2. The van der Waals surface area contributed by atoms with Gasteiger partial charge in [0.2, 0.25) is 10.0 Å². The highest BCUT2D eigenvalue weighted by Crippen LogP contribution is 2.23. The molecule has 2 N–H and O–H groups in total. The van der Waals surface area contributed by atoms with Gasteiger partial charge in [0.1, 0.15) is 0 Å². The SMILES string of the molecule is Cc1ccc(C)c(S(=O)(=O)N(C)[C@@H]2CNC[C@H]2O)c1. The van der Waals surface area contributed by atoms with Crippen LogP contribution in [-0.2, 0) is 10.0 Å². The molecule has 1 fully saturated rings. The molecule has 0 aromatic heterocycles. The van der Waals surface area contributed by atoms with Crippen LogP contribution in [-0.4, -0.2) is 50.1 Å². The molecule has 0 spiro atoms. The third kappa shape index (κ3) is 2.67. The van der Waals surface area contributed by atoms with Gasteiger partial charge in [-0.25, -0.2) is 8.42 Å². The van der Waals surface area contributed by atoms with Gasteiger partial charge in [-0.1, -0.05) is 12.1 Å². The van der Waals surface area contributed by atoms with Crippen molar-refractivity contribution in [1.82, 2.24) is 9.62 Å². The average Bonchev–Trinajstić information content (AvgIpc) is 2.77. The van der Waals surface area contributed by atoms with E-state index >= 15 is 0 Å². The van der Waals surface area contributed by atoms with E-state index in [2.05, 4.69) is 5.32 Å². The van der Waals surface area contributed by atoms with Crippen LogP contribution in [0.2, 0.25) is 0 Å². The highest BCUT2D eigenvalue weighted by Gasteiger charge is 2.36. The summed E-state index contributed by atoms with van der Waals surface area (Å²) in [7, 11) is -2.05. The number of β-amino-alcohol motifs (C(OH)–C–C–N with tert-alkyl or cyclic N) is 1. The average molecular weight is 284 g/mol. The molecular formula is C13H20N2O3S. The third-order valence-corrected chi connectivity index (χ3v) is 5.64. The first-order valence-electron chi connectivity index (χ1n) is 6.28. The van der Waals surface area contributed by atoms with E-state index in [1.54, 1.807) is 19.1 Å². The molecule has 106 valence electrons. The van der Waals surface area contributed by atoms with Gasteiger partial charge in [-0.05, 0) is 31.0 Å². The Morgan fingerprint density at radius 1 is 1.32 bits per heavy atom. The summed E-state index contributed by atoms with van der Waals surface area (Å²) < 4.78 is 26.5. The zero-order valence-electron chi connectivity index (χ0n) is 11.4. The van der Waals surface area contributed by atoms with Crippen LogP contribution >= 0.6 is 0 Å².